The molecular formula is C14H28N2. The number of nitrogens with zero attached hydrogens (tertiary/aromatic N) is 1. The van der Waals surface area contributed by atoms with Crippen molar-refractivity contribution in [2.75, 3.05) is 26.2 Å². The third kappa shape index (κ3) is 3.74. The van der Waals surface area contributed by atoms with Gasteiger partial charge in [0, 0.05) is 25.7 Å². The number of hydrogen-bond acceptors (Lipinski definition) is 2. The Morgan fingerprint density at radius 2 is 2.12 bits per heavy atom. The van der Waals surface area contributed by atoms with Crippen molar-refractivity contribution in [2.24, 2.45) is 11.8 Å². The Balaban J connectivity index is 1.53. The molecule has 0 bridgehead atoms. The van der Waals surface area contributed by atoms with Crippen molar-refractivity contribution in [1.29, 1.82) is 0 Å². The lowest BCUT2D eigenvalue weighted by atomic mass is 10.0. The highest BCUT2D eigenvalue weighted by molar-refractivity contribution is 4.83. The van der Waals surface area contributed by atoms with E-state index in [1.165, 1.54) is 58.3 Å². The van der Waals surface area contributed by atoms with Gasteiger partial charge in [-0.1, -0.05) is 13.3 Å². The molecule has 0 amide bonds. The molecule has 16 heavy (non-hydrogen) atoms. The largest absolute Gasteiger partial charge is 0.313 e. The second-order valence-electron chi connectivity index (χ2n) is 5.82. The first kappa shape index (κ1) is 12.4. The van der Waals surface area contributed by atoms with Crippen molar-refractivity contribution >= 4 is 0 Å². The first-order valence-corrected chi connectivity index (χ1v) is 7.25. The molecule has 1 saturated carbocycles. The van der Waals surface area contributed by atoms with E-state index in [1.54, 1.807) is 0 Å². The fourth-order valence-corrected chi connectivity index (χ4v) is 2.97. The molecule has 1 aliphatic carbocycles. The fourth-order valence-electron chi connectivity index (χ4n) is 2.97. The zero-order valence-electron chi connectivity index (χ0n) is 11.0. The highest BCUT2D eigenvalue weighted by atomic mass is 15.2. The van der Waals surface area contributed by atoms with Crippen LogP contribution < -0.4 is 5.32 Å². The van der Waals surface area contributed by atoms with Crippen LogP contribution in [0.1, 0.15) is 46.0 Å². The molecule has 1 aliphatic heterocycles. The van der Waals surface area contributed by atoms with Crippen LogP contribution in [0.5, 0.6) is 0 Å². The molecule has 2 fully saturated rings. The van der Waals surface area contributed by atoms with Crippen LogP contribution in [0.15, 0.2) is 0 Å². The van der Waals surface area contributed by atoms with E-state index in [0.29, 0.717) is 0 Å². The van der Waals surface area contributed by atoms with Crippen molar-refractivity contribution < 1.29 is 0 Å². The smallest absolute Gasteiger partial charge is 0.0107 e. The summed E-state index contributed by atoms with van der Waals surface area (Å²) in [6, 6.07) is 0.758. The quantitative estimate of drug-likeness (QED) is 0.715. The van der Waals surface area contributed by atoms with Gasteiger partial charge in [-0.3, -0.25) is 0 Å². The molecule has 1 N–H and O–H groups in total. The van der Waals surface area contributed by atoms with Gasteiger partial charge in [0.1, 0.15) is 0 Å². The van der Waals surface area contributed by atoms with Gasteiger partial charge in [-0.2, -0.15) is 0 Å². The third-order valence-corrected chi connectivity index (χ3v) is 4.29. The number of hydrogen-bond donors (Lipinski definition) is 1. The molecule has 2 nitrogen and oxygen atoms in total. The second kappa shape index (κ2) is 6.02. The van der Waals surface area contributed by atoms with E-state index in [9.17, 15) is 0 Å². The summed E-state index contributed by atoms with van der Waals surface area (Å²) in [5, 5.41) is 3.68. The van der Waals surface area contributed by atoms with E-state index >= 15 is 0 Å². The zero-order valence-corrected chi connectivity index (χ0v) is 11.0. The van der Waals surface area contributed by atoms with Gasteiger partial charge in [0.25, 0.3) is 0 Å². The molecule has 1 heterocycles. The van der Waals surface area contributed by atoms with Crippen molar-refractivity contribution in [3.63, 3.8) is 0 Å². The van der Waals surface area contributed by atoms with Crippen LogP contribution >= 0.6 is 0 Å². The summed E-state index contributed by atoms with van der Waals surface area (Å²) in [5.41, 5.74) is 0. The maximum Gasteiger partial charge on any atom is 0.0107 e. The summed E-state index contributed by atoms with van der Waals surface area (Å²) in [7, 11) is 0. The summed E-state index contributed by atoms with van der Waals surface area (Å²) in [5.74, 6) is 1.98. The molecule has 0 spiro atoms. The Morgan fingerprint density at radius 1 is 1.31 bits per heavy atom. The van der Waals surface area contributed by atoms with E-state index in [4.69, 9.17) is 0 Å². The minimum Gasteiger partial charge on any atom is -0.313 e. The zero-order chi connectivity index (χ0) is 11.4. The van der Waals surface area contributed by atoms with E-state index < -0.39 is 0 Å². The molecule has 0 aromatic carbocycles. The van der Waals surface area contributed by atoms with Crippen LogP contribution in [-0.4, -0.2) is 37.1 Å². The van der Waals surface area contributed by atoms with Crippen LogP contribution in [-0.2, 0) is 0 Å². The second-order valence-corrected chi connectivity index (χ2v) is 5.82. The fraction of sp³-hybridized carbons (Fsp3) is 1.00. The van der Waals surface area contributed by atoms with Gasteiger partial charge in [0.05, 0.1) is 0 Å². The van der Waals surface area contributed by atoms with Crippen LogP contribution in [0, 0.1) is 11.8 Å². The molecule has 0 aromatic heterocycles. The topological polar surface area (TPSA) is 15.3 Å². The predicted molar refractivity (Wildman–Crippen MR) is 69.6 cm³/mol. The van der Waals surface area contributed by atoms with Crippen molar-refractivity contribution in [3.8, 4) is 0 Å². The molecule has 2 atom stereocenters. The van der Waals surface area contributed by atoms with E-state index in [2.05, 4.69) is 24.1 Å². The lowest BCUT2D eigenvalue weighted by Gasteiger charge is -2.18. The Kier molecular flexibility index (Phi) is 4.66. The maximum absolute atomic E-state index is 3.68. The van der Waals surface area contributed by atoms with Gasteiger partial charge in [-0.05, 0) is 51.0 Å². The SMILES string of the molecule is CCCC1CCN(CCNC(C)C2CC2)C1. The first-order chi connectivity index (χ1) is 7.79. The standard InChI is InChI=1S/C14H28N2/c1-3-4-13-7-9-16(11-13)10-8-15-12(2)14-5-6-14/h12-15H,3-11H2,1-2H3. The van der Waals surface area contributed by atoms with Gasteiger partial charge in [0.2, 0.25) is 0 Å². The van der Waals surface area contributed by atoms with Gasteiger partial charge < -0.3 is 10.2 Å². The monoisotopic (exact) mass is 224 g/mol. The first-order valence-electron chi connectivity index (χ1n) is 7.25. The Bertz CT molecular complexity index is 201. The Hall–Kier alpha value is -0.0800. The van der Waals surface area contributed by atoms with Gasteiger partial charge in [-0.25, -0.2) is 0 Å². The molecule has 1 saturated heterocycles. The third-order valence-electron chi connectivity index (χ3n) is 4.29. The maximum atomic E-state index is 3.68. The summed E-state index contributed by atoms with van der Waals surface area (Å²) in [4.78, 5) is 2.65. The van der Waals surface area contributed by atoms with Crippen LogP contribution in [0.2, 0.25) is 0 Å². The lowest BCUT2D eigenvalue weighted by molar-refractivity contribution is 0.310. The average Bonchev–Trinajstić information content (AvgIpc) is 3.02. The number of rotatable bonds is 7. The molecule has 2 rings (SSSR count). The molecule has 0 radical (unpaired) electrons. The highest BCUT2D eigenvalue weighted by Crippen LogP contribution is 2.32. The lowest BCUT2D eigenvalue weighted by Crippen LogP contribution is -2.36. The molecule has 2 heteroatoms. The van der Waals surface area contributed by atoms with Crippen molar-refractivity contribution in [3.05, 3.63) is 0 Å². The van der Waals surface area contributed by atoms with E-state index in [0.717, 1.165) is 17.9 Å². The minimum absolute atomic E-state index is 0.758. The summed E-state index contributed by atoms with van der Waals surface area (Å²) in [6.07, 6.45) is 7.14. The molecule has 94 valence electrons. The van der Waals surface area contributed by atoms with Crippen LogP contribution in [0.3, 0.4) is 0 Å². The average molecular weight is 224 g/mol. The summed E-state index contributed by atoms with van der Waals surface area (Å²) < 4.78 is 0. The van der Waals surface area contributed by atoms with Gasteiger partial charge >= 0.3 is 0 Å². The van der Waals surface area contributed by atoms with E-state index in [-0.39, 0.29) is 0 Å². The predicted octanol–water partition coefficient (Wildman–Crippen LogP) is 2.50. The normalized spacial score (nSPS) is 28.5. The van der Waals surface area contributed by atoms with Crippen molar-refractivity contribution in [2.45, 2.75) is 52.0 Å². The van der Waals surface area contributed by atoms with Crippen LogP contribution in [0.25, 0.3) is 0 Å². The van der Waals surface area contributed by atoms with Gasteiger partial charge in [-0.15, -0.1) is 0 Å². The van der Waals surface area contributed by atoms with E-state index in [1.807, 2.05) is 0 Å². The minimum atomic E-state index is 0.758. The summed E-state index contributed by atoms with van der Waals surface area (Å²) in [6.45, 7) is 9.80. The van der Waals surface area contributed by atoms with Crippen molar-refractivity contribution in [1.82, 2.24) is 10.2 Å². The molecule has 2 unspecified atom stereocenters. The molecular weight excluding hydrogens is 196 g/mol. The number of likely N-dealkylation sites (tertiary alicyclic amines) is 1. The molecule has 2 aliphatic rings. The highest BCUT2D eigenvalue weighted by Gasteiger charge is 2.27. The summed E-state index contributed by atoms with van der Waals surface area (Å²) >= 11 is 0. The Morgan fingerprint density at radius 3 is 2.81 bits per heavy atom. The van der Waals surface area contributed by atoms with Crippen LogP contribution in [0.4, 0.5) is 0 Å². The number of nitrogens with one attached hydrogen (secondary N) is 1. The van der Waals surface area contributed by atoms with Gasteiger partial charge in [0.15, 0.2) is 0 Å². The molecule has 0 aromatic rings. The Labute approximate surface area is 101 Å².